The van der Waals surface area contributed by atoms with Crippen molar-refractivity contribution in [2.45, 2.75) is 25.9 Å². The Hall–Kier alpha value is -2.90. The van der Waals surface area contributed by atoms with Crippen LogP contribution < -0.4 is 10.1 Å². The molecular weight excluding hydrogens is 406 g/mol. The molecule has 1 fully saturated rings. The molecule has 1 saturated heterocycles. The Balaban J connectivity index is 1.64. The number of carbonyl (C=O) groups excluding carboxylic acids is 2. The molecule has 1 heterocycles. The Morgan fingerprint density at radius 2 is 1.75 bits per heavy atom. The van der Waals surface area contributed by atoms with Gasteiger partial charge < -0.3 is 19.7 Å². The molecule has 0 aliphatic carbocycles. The van der Waals surface area contributed by atoms with E-state index in [2.05, 4.69) is 10.2 Å². The van der Waals surface area contributed by atoms with E-state index in [9.17, 15) is 9.59 Å². The van der Waals surface area contributed by atoms with Crippen LogP contribution in [0.4, 0.5) is 0 Å². The number of ether oxygens (including phenoxy) is 2. The smallest absolute Gasteiger partial charge is 0.242 e. The third-order valence-electron chi connectivity index (χ3n) is 5.71. The molecule has 0 aromatic heterocycles. The van der Waals surface area contributed by atoms with Gasteiger partial charge in [0.25, 0.3) is 0 Å². The summed E-state index contributed by atoms with van der Waals surface area (Å²) in [7, 11) is 1.62. The number of hydrogen-bond donors (Lipinski definition) is 1. The summed E-state index contributed by atoms with van der Waals surface area (Å²) in [5, 5.41) is 3.00. The highest BCUT2D eigenvalue weighted by Crippen LogP contribution is 2.16. The average molecular weight is 440 g/mol. The minimum absolute atomic E-state index is 0.0807. The number of nitrogens with zero attached hydrogens (tertiary/aromatic N) is 2. The molecule has 0 unspecified atom stereocenters. The Kier molecular flexibility index (Phi) is 9.07. The van der Waals surface area contributed by atoms with E-state index in [1.54, 1.807) is 18.9 Å². The van der Waals surface area contributed by atoms with Gasteiger partial charge in [0.1, 0.15) is 11.8 Å². The van der Waals surface area contributed by atoms with Crippen LogP contribution in [0, 0.1) is 0 Å². The fourth-order valence-corrected chi connectivity index (χ4v) is 3.69. The van der Waals surface area contributed by atoms with Crippen LogP contribution >= 0.6 is 0 Å². The highest BCUT2D eigenvalue weighted by Gasteiger charge is 2.26. The number of methoxy groups -OCH3 is 1. The van der Waals surface area contributed by atoms with Crippen molar-refractivity contribution < 1.29 is 19.1 Å². The first-order valence-corrected chi connectivity index (χ1v) is 11.1. The average Bonchev–Trinajstić information content (AvgIpc) is 2.83. The number of nitrogens with one attached hydrogen (secondary N) is 1. The van der Waals surface area contributed by atoms with Gasteiger partial charge in [-0.05, 0) is 30.2 Å². The number of rotatable bonds is 10. The molecule has 32 heavy (non-hydrogen) atoms. The van der Waals surface area contributed by atoms with Crippen molar-refractivity contribution in [3.63, 3.8) is 0 Å². The molecule has 0 radical (unpaired) electrons. The predicted octanol–water partition coefficient (Wildman–Crippen LogP) is 2.10. The zero-order valence-electron chi connectivity index (χ0n) is 19.0. The lowest BCUT2D eigenvalue weighted by Crippen LogP contribution is -2.49. The molecule has 0 bridgehead atoms. The highest BCUT2D eigenvalue weighted by molar-refractivity contribution is 5.88. The van der Waals surface area contributed by atoms with E-state index in [4.69, 9.17) is 9.47 Å². The molecule has 1 aliphatic rings. The SMILES string of the molecule is COc1ccc(CN(C(=O)Cc2ccccc2)[C@@H](C)C(=O)NCCN2CCOCC2)cc1. The van der Waals surface area contributed by atoms with E-state index in [1.807, 2.05) is 54.6 Å². The number of amides is 2. The standard InChI is InChI=1S/C25H33N3O4/c1-20(25(30)26-12-13-27-14-16-32-17-15-27)28(19-22-8-10-23(31-2)11-9-22)24(29)18-21-6-4-3-5-7-21/h3-11,20H,12-19H2,1-2H3,(H,26,30)/t20-/m0/s1. The first kappa shape index (κ1) is 23.8. The monoisotopic (exact) mass is 439 g/mol. The summed E-state index contributed by atoms with van der Waals surface area (Å²) in [5.74, 6) is 0.529. The maximum absolute atomic E-state index is 13.2. The summed E-state index contributed by atoms with van der Waals surface area (Å²) < 4.78 is 10.6. The van der Waals surface area contributed by atoms with Gasteiger partial charge in [0.15, 0.2) is 0 Å². The van der Waals surface area contributed by atoms with Gasteiger partial charge in [-0.3, -0.25) is 14.5 Å². The number of benzene rings is 2. The summed E-state index contributed by atoms with van der Waals surface area (Å²) in [4.78, 5) is 30.0. The van der Waals surface area contributed by atoms with Gasteiger partial charge in [0, 0.05) is 32.7 Å². The van der Waals surface area contributed by atoms with Crippen LogP contribution in [-0.4, -0.2) is 74.2 Å². The lowest BCUT2D eigenvalue weighted by atomic mass is 10.1. The third-order valence-corrected chi connectivity index (χ3v) is 5.71. The molecule has 2 amide bonds. The van der Waals surface area contributed by atoms with Gasteiger partial charge in [-0.1, -0.05) is 42.5 Å². The largest absolute Gasteiger partial charge is 0.497 e. The fourth-order valence-electron chi connectivity index (χ4n) is 3.69. The van der Waals surface area contributed by atoms with Crippen molar-refractivity contribution in [2.24, 2.45) is 0 Å². The lowest BCUT2D eigenvalue weighted by molar-refractivity contribution is -0.140. The van der Waals surface area contributed by atoms with E-state index in [1.165, 1.54) is 0 Å². The Morgan fingerprint density at radius 3 is 2.41 bits per heavy atom. The van der Waals surface area contributed by atoms with Crippen LogP contribution in [0.5, 0.6) is 5.75 Å². The zero-order valence-corrected chi connectivity index (χ0v) is 19.0. The topological polar surface area (TPSA) is 71.1 Å². The molecule has 2 aromatic carbocycles. The first-order valence-electron chi connectivity index (χ1n) is 11.1. The van der Waals surface area contributed by atoms with Crippen LogP contribution in [0.1, 0.15) is 18.1 Å². The van der Waals surface area contributed by atoms with Crippen LogP contribution in [0.25, 0.3) is 0 Å². The van der Waals surface area contributed by atoms with E-state index >= 15 is 0 Å². The fraction of sp³-hybridized carbons (Fsp3) is 0.440. The molecule has 0 saturated carbocycles. The Bertz CT molecular complexity index is 851. The zero-order chi connectivity index (χ0) is 22.8. The molecule has 172 valence electrons. The normalized spacial score (nSPS) is 15.1. The highest BCUT2D eigenvalue weighted by atomic mass is 16.5. The molecule has 3 rings (SSSR count). The Morgan fingerprint density at radius 1 is 1.06 bits per heavy atom. The van der Waals surface area contributed by atoms with Gasteiger partial charge in [0.05, 0.1) is 26.7 Å². The molecule has 0 spiro atoms. The number of carbonyl (C=O) groups is 2. The summed E-state index contributed by atoms with van der Waals surface area (Å²) >= 11 is 0. The number of hydrogen-bond acceptors (Lipinski definition) is 5. The van der Waals surface area contributed by atoms with Crippen molar-refractivity contribution in [3.8, 4) is 5.75 Å². The van der Waals surface area contributed by atoms with E-state index < -0.39 is 6.04 Å². The van der Waals surface area contributed by atoms with Gasteiger partial charge >= 0.3 is 0 Å². The quantitative estimate of drug-likeness (QED) is 0.614. The number of morpholine rings is 1. The second-order valence-corrected chi connectivity index (χ2v) is 7.95. The van der Waals surface area contributed by atoms with E-state index in [-0.39, 0.29) is 18.2 Å². The van der Waals surface area contributed by atoms with Crippen molar-refractivity contribution in [3.05, 3.63) is 65.7 Å². The van der Waals surface area contributed by atoms with Gasteiger partial charge in [-0.25, -0.2) is 0 Å². The molecule has 7 nitrogen and oxygen atoms in total. The Labute approximate surface area is 190 Å². The van der Waals surface area contributed by atoms with E-state index in [0.29, 0.717) is 13.1 Å². The van der Waals surface area contributed by atoms with Crippen LogP contribution in [0.2, 0.25) is 0 Å². The minimum Gasteiger partial charge on any atom is -0.497 e. The van der Waals surface area contributed by atoms with Gasteiger partial charge in [-0.2, -0.15) is 0 Å². The summed E-state index contributed by atoms with van der Waals surface area (Å²) in [6, 6.07) is 16.6. The maximum Gasteiger partial charge on any atom is 0.242 e. The molecule has 1 N–H and O–H groups in total. The van der Waals surface area contributed by atoms with Crippen LogP contribution in [0.15, 0.2) is 54.6 Å². The molecular formula is C25H33N3O4. The minimum atomic E-state index is -0.585. The second-order valence-electron chi connectivity index (χ2n) is 7.95. The summed E-state index contributed by atoms with van der Waals surface area (Å²) in [6.07, 6.45) is 0.252. The first-order chi connectivity index (χ1) is 15.6. The van der Waals surface area contributed by atoms with Crippen LogP contribution in [-0.2, 0) is 27.3 Å². The van der Waals surface area contributed by atoms with Crippen LogP contribution in [0.3, 0.4) is 0 Å². The maximum atomic E-state index is 13.2. The molecule has 1 atom stereocenters. The predicted molar refractivity (Wildman–Crippen MR) is 123 cm³/mol. The van der Waals surface area contributed by atoms with Gasteiger partial charge in [-0.15, -0.1) is 0 Å². The van der Waals surface area contributed by atoms with Crippen molar-refractivity contribution in [1.29, 1.82) is 0 Å². The van der Waals surface area contributed by atoms with Crippen molar-refractivity contribution in [1.82, 2.24) is 15.1 Å². The third kappa shape index (κ3) is 7.07. The molecule has 1 aliphatic heterocycles. The second kappa shape index (κ2) is 12.2. The van der Waals surface area contributed by atoms with Crippen molar-refractivity contribution in [2.75, 3.05) is 46.5 Å². The summed E-state index contributed by atoms with van der Waals surface area (Å²) in [5.41, 5.74) is 1.87. The van der Waals surface area contributed by atoms with Crippen molar-refractivity contribution >= 4 is 11.8 Å². The van der Waals surface area contributed by atoms with E-state index in [0.717, 1.165) is 49.7 Å². The molecule has 2 aromatic rings. The van der Waals surface area contributed by atoms with Gasteiger partial charge in [0.2, 0.25) is 11.8 Å². The lowest BCUT2D eigenvalue weighted by Gasteiger charge is -2.30. The summed E-state index contributed by atoms with van der Waals surface area (Å²) in [6.45, 7) is 6.69. The molecule has 7 heteroatoms.